The lowest BCUT2D eigenvalue weighted by atomic mass is 10.3. The van der Waals surface area contributed by atoms with E-state index in [1.165, 1.54) is 0 Å². The summed E-state index contributed by atoms with van der Waals surface area (Å²) in [7, 11) is 1.92. The van der Waals surface area contributed by atoms with Crippen LogP contribution in [-0.4, -0.2) is 16.3 Å². The van der Waals surface area contributed by atoms with E-state index in [-0.39, 0.29) is 0 Å². The Morgan fingerprint density at radius 1 is 1.69 bits per heavy atom. The lowest BCUT2D eigenvalue weighted by Gasteiger charge is -2.02. The van der Waals surface area contributed by atoms with Gasteiger partial charge in [-0.05, 0) is 19.0 Å². The van der Waals surface area contributed by atoms with Gasteiger partial charge in [-0.1, -0.05) is 0 Å². The predicted octanol–water partition coefficient (Wildman–Crippen LogP) is 0.813. The molecule has 1 N–H and O–H groups in total. The molecule has 0 aliphatic rings. The highest BCUT2D eigenvalue weighted by Crippen LogP contribution is 1.94. The highest BCUT2D eigenvalue weighted by molar-refractivity contribution is 4.98. The molecule has 1 aromatic rings. The summed E-state index contributed by atoms with van der Waals surface area (Å²) >= 11 is 0. The van der Waals surface area contributed by atoms with E-state index in [9.17, 15) is 0 Å². The second-order valence-electron chi connectivity index (χ2n) is 2.88. The topological polar surface area (TPSA) is 53.6 Å². The van der Waals surface area contributed by atoms with Crippen LogP contribution in [0.25, 0.3) is 0 Å². The zero-order valence-corrected chi connectivity index (χ0v) is 7.82. The molecule has 0 aromatic carbocycles. The first-order valence-electron chi connectivity index (χ1n) is 4.39. The molecule has 0 aliphatic heterocycles. The van der Waals surface area contributed by atoms with Crippen molar-refractivity contribution in [1.29, 1.82) is 5.26 Å². The number of nitrogens with zero attached hydrogens (tertiary/aromatic N) is 3. The Kier molecular flexibility index (Phi) is 4.00. The van der Waals surface area contributed by atoms with Gasteiger partial charge in [0.05, 0.1) is 11.8 Å². The SMILES string of the molecule is Cn1nccc1CNCCCC#N. The molecule has 0 atom stereocenters. The highest BCUT2D eigenvalue weighted by atomic mass is 15.3. The molecule has 0 aliphatic carbocycles. The van der Waals surface area contributed by atoms with Crippen molar-refractivity contribution in [3.8, 4) is 6.07 Å². The Balaban J connectivity index is 2.14. The molecule has 4 nitrogen and oxygen atoms in total. The zero-order valence-electron chi connectivity index (χ0n) is 7.82. The van der Waals surface area contributed by atoms with Crippen LogP contribution in [0, 0.1) is 11.3 Å². The van der Waals surface area contributed by atoms with Gasteiger partial charge in [0.1, 0.15) is 0 Å². The minimum absolute atomic E-state index is 0.623. The van der Waals surface area contributed by atoms with E-state index in [4.69, 9.17) is 5.26 Å². The molecule has 13 heavy (non-hydrogen) atoms. The Morgan fingerprint density at radius 2 is 2.54 bits per heavy atom. The number of aryl methyl sites for hydroxylation is 1. The van der Waals surface area contributed by atoms with E-state index in [0.29, 0.717) is 6.42 Å². The molecular formula is C9H14N4. The Hall–Kier alpha value is -1.34. The second kappa shape index (κ2) is 5.33. The lowest BCUT2D eigenvalue weighted by Crippen LogP contribution is -2.16. The molecule has 1 heterocycles. The normalized spacial score (nSPS) is 9.85. The fourth-order valence-corrected chi connectivity index (χ4v) is 1.08. The summed E-state index contributed by atoms with van der Waals surface area (Å²) in [6, 6.07) is 4.10. The monoisotopic (exact) mass is 178 g/mol. The van der Waals surface area contributed by atoms with Gasteiger partial charge in [-0.2, -0.15) is 10.4 Å². The fraction of sp³-hybridized carbons (Fsp3) is 0.556. The molecule has 70 valence electrons. The number of hydrogen-bond donors (Lipinski definition) is 1. The number of unbranched alkanes of at least 4 members (excludes halogenated alkanes) is 1. The summed E-state index contributed by atoms with van der Waals surface area (Å²) < 4.78 is 1.84. The summed E-state index contributed by atoms with van der Waals surface area (Å²) in [5.41, 5.74) is 1.16. The van der Waals surface area contributed by atoms with Crippen LogP contribution >= 0.6 is 0 Å². The van der Waals surface area contributed by atoms with Crippen LogP contribution in [0.4, 0.5) is 0 Å². The van der Waals surface area contributed by atoms with Crippen molar-refractivity contribution in [3.05, 3.63) is 18.0 Å². The molecule has 0 fully saturated rings. The Morgan fingerprint density at radius 3 is 3.15 bits per heavy atom. The standard InChI is InChI=1S/C9H14N4/c1-13-9(4-7-12-13)8-11-6-3-2-5-10/h4,7,11H,2-3,6,8H2,1H3. The van der Waals surface area contributed by atoms with E-state index in [1.54, 1.807) is 6.20 Å². The molecule has 0 saturated carbocycles. The van der Waals surface area contributed by atoms with Crippen LogP contribution in [0.1, 0.15) is 18.5 Å². The van der Waals surface area contributed by atoms with Crippen LogP contribution in [0.3, 0.4) is 0 Å². The summed E-state index contributed by atoms with van der Waals surface area (Å²) in [4.78, 5) is 0. The molecule has 0 spiro atoms. The van der Waals surface area contributed by atoms with Gasteiger partial charge in [-0.15, -0.1) is 0 Å². The number of aromatic nitrogens is 2. The van der Waals surface area contributed by atoms with Gasteiger partial charge in [0.15, 0.2) is 0 Å². The summed E-state index contributed by atoms with van der Waals surface area (Å²) in [6.07, 6.45) is 3.32. The van der Waals surface area contributed by atoms with Crippen LogP contribution in [-0.2, 0) is 13.6 Å². The molecule has 0 radical (unpaired) electrons. The van der Waals surface area contributed by atoms with E-state index in [1.807, 2.05) is 17.8 Å². The van der Waals surface area contributed by atoms with Crippen LogP contribution in [0.2, 0.25) is 0 Å². The van der Waals surface area contributed by atoms with Gasteiger partial charge in [0, 0.05) is 26.2 Å². The maximum absolute atomic E-state index is 8.30. The fourth-order valence-electron chi connectivity index (χ4n) is 1.08. The molecule has 1 rings (SSSR count). The first-order valence-corrected chi connectivity index (χ1v) is 4.39. The first-order chi connectivity index (χ1) is 6.34. The third-order valence-electron chi connectivity index (χ3n) is 1.87. The molecule has 0 saturated heterocycles. The molecule has 0 amide bonds. The van der Waals surface area contributed by atoms with Crippen LogP contribution < -0.4 is 5.32 Å². The molecule has 4 heteroatoms. The van der Waals surface area contributed by atoms with Crippen molar-refractivity contribution in [1.82, 2.24) is 15.1 Å². The number of hydrogen-bond acceptors (Lipinski definition) is 3. The second-order valence-corrected chi connectivity index (χ2v) is 2.88. The van der Waals surface area contributed by atoms with Crippen LogP contribution in [0.5, 0.6) is 0 Å². The molecule has 1 aromatic heterocycles. The molecule has 0 bridgehead atoms. The Labute approximate surface area is 78.2 Å². The first kappa shape index (κ1) is 9.75. The molecule has 0 unspecified atom stereocenters. The number of nitriles is 1. The van der Waals surface area contributed by atoms with Gasteiger partial charge in [-0.3, -0.25) is 4.68 Å². The predicted molar refractivity (Wildman–Crippen MR) is 49.8 cm³/mol. The highest BCUT2D eigenvalue weighted by Gasteiger charge is 1.96. The zero-order chi connectivity index (χ0) is 9.52. The van der Waals surface area contributed by atoms with Crippen molar-refractivity contribution in [3.63, 3.8) is 0 Å². The minimum Gasteiger partial charge on any atom is -0.311 e. The smallest absolute Gasteiger partial charge is 0.0622 e. The lowest BCUT2D eigenvalue weighted by molar-refractivity contribution is 0.611. The van der Waals surface area contributed by atoms with Crippen molar-refractivity contribution >= 4 is 0 Å². The quantitative estimate of drug-likeness (QED) is 0.679. The maximum atomic E-state index is 8.30. The average Bonchev–Trinajstić information content (AvgIpc) is 2.52. The van der Waals surface area contributed by atoms with Gasteiger partial charge in [0.2, 0.25) is 0 Å². The summed E-state index contributed by atoms with van der Waals surface area (Å²) in [5.74, 6) is 0. The van der Waals surface area contributed by atoms with Gasteiger partial charge in [-0.25, -0.2) is 0 Å². The number of nitrogens with one attached hydrogen (secondary N) is 1. The van der Waals surface area contributed by atoms with E-state index >= 15 is 0 Å². The summed E-state index contributed by atoms with van der Waals surface area (Å²) in [5, 5.41) is 15.6. The maximum Gasteiger partial charge on any atom is 0.0622 e. The minimum atomic E-state index is 0.623. The van der Waals surface area contributed by atoms with E-state index in [2.05, 4.69) is 16.5 Å². The van der Waals surface area contributed by atoms with Gasteiger partial charge < -0.3 is 5.32 Å². The Bertz CT molecular complexity index is 284. The van der Waals surface area contributed by atoms with Crippen LogP contribution in [0.15, 0.2) is 12.3 Å². The average molecular weight is 178 g/mol. The van der Waals surface area contributed by atoms with Gasteiger partial charge >= 0.3 is 0 Å². The van der Waals surface area contributed by atoms with Crippen molar-refractivity contribution in [2.45, 2.75) is 19.4 Å². The van der Waals surface area contributed by atoms with Gasteiger partial charge in [0.25, 0.3) is 0 Å². The van der Waals surface area contributed by atoms with E-state index in [0.717, 1.165) is 25.2 Å². The van der Waals surface area contributed by atoms with Crippen molar-refractivity contribution in [2.24, 2.45) is 7.05 Å². The van der Waals surface area contributed by atoms with Crippen molar-refractivity contribution < 1.29 is 0 Å². The largest absolute Gasteiger partial charge is 0.311 e. The number of rotatable bonds is 5. The van der Waals surface area contributed by atoms with E-state index < -0.39 is 0 Å². The third-order valence-corrected chi connectivity index (χ3v) is 1.87. The summed E-state index contributed by atoms with van der Waals surface area (Å²) in [6.45, 7) is 1.71. The third kappa shape index (κ3) is 3.26. The molecular weight excluding hydrogens is 164 g/mol. The van der Waals surface area contributed by atoms with Crippen molar-refractivity contribution in [2.75, 3.05) is 6.54 Å².